The highest BCUT2D eigenvalue weighted by atomic mass is 14.9. The Labute approximate surface area is 316 Å². The predicted octanol–water partition coefficient (Wildman–Crippen LogP) is 13.2. The first-order chi connectivity index (χ1) is 28.3. The number of fused-ring (bicyclic) bond motifs is 4. The number of hydrogen-bond acceptors (Lipinski definition) is 2. The first-order valence-corrected chi connectivity index (χ1v) is 17.8. The van der Waals surface area contributed by atoms with E-state index in [2.05, 4.69) is 109 Å². The van der Waals surface area contributed by atoms with Crippen LogP contribution in [0.15, 0.2) is 194 Å². The summed E-state index contributed by atoms with van der Waals surface area (Å²) in [5, 5.41) is 2.21. The molecule has 0 aliphatic heterocycles. The number of nitrogens with zero attached hydrogens (tertiary/aromatic N) is 2. The van der Waals surface area contributed by atoms with Gasteiger partial charge in [0.2, 0.25) is 0 Å². The lowest BCUT2D eigenvalue weighted by atomic mass is 9.91. The summed E-state index contributed by atoms with van der Waals surface area (Å²) >= 11 is 0. The molecular weight excluding hydrogens is 641 g/mol. The minimum Gasteiger partial charge on any atom is -0.228 e. The molecule has 0 unspecified atom stereocenters. The van der Waals surface area contributed by atoms with E-state index in [1.807, 2.05) is 54.6 Å². The van der Waals surface area contributed by atoms with E-state index in [4.69, 9.17) is 16.8 Å². The highest BCUT2D eigenvalue weighted by Gasteiger charge is 2.21. The van der Waals surface area contributed by atoms with E-state index in [9.17, 15) is 0 Å². The lowest BCUT2D eigenvalue weighted by molar-refractivity contribution is 1.18. The maximum atomic E-state index is 8.52. The average Bonchev–Trinajstić information content (AvgIpc) is 3.65. The van der Waals surface area contributed by atoms with E-state index < -0.39 is 0 Å². The molecule has 2 heteroatoms. The van der Waals surface area contributed by atoms with Crippen molar-refractivity contribution in [1.29, 1.82) is 0 Å². The van der Waals surface area contributed by atoms with Gasteiger partial charge in [0.1, 0.15) is 0 Å². The fourth-order valence-electron chi connectivity index (χ4n) is 7.64. The highest BCUT2D eigenvalue weighted by Crippen LogP contribution is 2.43. The van der Waals surface area contributed by atoms with E-state index >= 15 is 0 Å². The minimum atomic E-state index is -0.385. The number of aromatic nitrogens is 2. The van der Waals surface area contributed by atoms with Crippen molar-refractivity contribution < 1.29 is 6.85 Å². The van der Waals surface area contributed by atoms with Crippen LogP contribution < -0.4 is 0 Å². The Bertz CT molecular complexity index is 3060. The van der Waals surface area contributed by atoms with Crippen LogP contribution in [0.5, 0.6) is 0 Å². The zero-order chi connectivity index (χ0) is 39.5. The van der Waals surface area contributed by atoms with Gasteiger partial charge in [-0.05, 0) is 85.0 Å². The molecule has 8 aromatic carbocycles. The van der Waals surface area contributed by atoms with Crippen molar-refractivity contribution in [2.24, 2.45) is 0 Å². The van der Waals surface area contributed by atoms with E-state index in [1.54, 1.807) is 0 Å². The molecule has 10 rings (SSSR count). The van der Waals surface area contributed by atoms with Crippen molar-refractivity contribution >= 4 is 10.8 Å². The average molecular weight is 680 g/mol. The fraction of sp³-hybridized carbons (Fsp3) is 0.0196. The van der Waals surface area contributed by atoms with Gasteiger partial charge in [-0.2, -0.15) is 0 Å². The lowest BCUT2D eigenvalue weighted by Crippen LogP contribution is -1.97. The Kier molecular flexibility index (Phi) is 6.37. The summed E-state index contributed by atoms with van der Waals surface area (Å²) < 4.78 is 41.4. The molecule has 1 aromatic heterocycles. The Morgan fingerprint density at radius 1 is 0.358 bits per heavy atom. The van der Waals surface area contributed by atoms with Crippen LogP contribution in [0.1, 0.15) is 18.0 Å². The molecule has 9 aromatic rings. The molecule has 1 aliphatic rings. The minimum absolute atomic E-state index is 0.189. The van der Waals surface area contributed by atoms with Gasteiger partial charge in [-0.25, -0.2) is 9.97 Å². The summed E-state index contributed by atoms with van der Waals surface area (Å²) in [6.45, 7) is 0. The van der Waals surface area contributed by atoms with Gasteiger partial charge >= 0.3 is 0 Å². The van der Waals surface area contributed by atoms with Crippen molar-refractivity contribution in [1.82, 2.24) is 9.97 Å². The van der Waals surface area contributed by atoms with Gasteiger partial charge in [-0.15, -0.1) is 0 Å². The highest BCUT2D eigenvalue weighted by molar-refractivity contribution is 6.05. The van der Waals surface area contributed by atoms with Gasteiger partial charge in [0, 0.05) is 16.7 Å². The van der Waals surface area contributed by atoms with Crippen LogP contribution in [-0.4, -0.2) is 9.97 Å². The van der Waals surface area contributed by atoms with Crippen molar-refractivity contribution in [3.05, 3.63) is 205 Å². The first-order valence-electron chi connectivity index (χ1n) is 20.3. The van der Waals surface area contributed by atoms with Crippen LogP contribution in [0, 0.1) is 0 Å². The number of rotatable bonds is 6. The zero-order valence-electron chi connectivity index (χ0n) is 33.7. The van der Waals surface area contributed by atoms with Gasteiger partial charge in [-0.1, -0.05) is 182 Å². The molecule has 0 saturated heterocycles. The third kappa shape index (κ3) is 5.71. The second-order valence-corrected chi connectivity index (χ2v) is 13.4. The molecule has 0 atom stereocenters. The van der Waals surface area contributed by atoms with Crippen molar-refractivity contribution in [3.8, 4) is 78.4 Å². The van der Waals surface area contributed by atoms with Gasteiger partial charge in [0.25, 0.3) is 0 Å². The molecule has 0 N–H and O–H groups in total. The number of hydrogen-bond donors (Lipinski definition) is 0. The van der Waals surface area contributed by atoms with Gasteiger partial charge in [0.15, 0.2) is 5.82 Å². The van der Waals surface area contributed by atoms with E-state index in [-0.39, 0.29) is 35.8 Å². The lowest BCUT2D eigenvalue weighted by Gasteiger charge is -2.15. The summed E-state index contributed by atoms with van der Waals surface area (Å²) in [4.78, 5) is 10.3. The molecule has 1 aliphatic carbocycles. The van der Waals surface area contributed by atoms with Crippen LogP contribution in [-0.2, 0) is 6.42 Å². The molecule has 0 radical (unpaired) electrons. The van der Waals surface area contributed by atoms with Gasteiger partial charge in [-0.3, -0.25) is 0 Å². The number of benzene rings is 8. The van der Waals surface area contributed by atoms with Crippen molar-refractivity contribution in [2.75, 3.05) is 0 Å². The summed E-state index contributed by atoms with van der Waals surface area (Å²) in [5.41, 5.74) is 14.5. The summed E-state index contributed by atoms with van der Waals surface area (Å²) in [5.74, 6) is 0.666. The largest absolute Gasteiger partial charge is 0.228 e. The van der Waals surface area contributed by atoms with E-state index in [0.717, 1.165) is 77.8 Å². The van der Waals surface area contributed by atoms with Gasteiger partial charge < -0.3 is 0 Å². The van der Waals surface area contributed by atoms with Crippen molar-refractivity contribution in [2.45, 2.75) is 6.42 Å². The molecule has 0 amide bonds. The maximum Gasteiger partial charge on any atom is 0.160 e. The normalized spacial score (nSPS) is 13.0. The summed E-state index contributed by atoms with van der Waals surface area (Å²) in [6.07, 6.45) is 0.679. The monoisotopic (exact) mass is 679 g/mol. The summed E-state index contributed by atoms with van der Waals surface area (Å²) in [6, 6.07) is 55.0. The third-order valence-electron chi connectivity index (χ3n) is 10.2. The summed E-state index contributed by atoms with van der Waals surface area (Å²) in [7, 11) is 0. The molecule has 1 heterocycles. The SMILES string of the molecule is [2H]c1c([2H])c([2H])c(-c2ccc3c(c2)Cc2cc(-c4ccc(-c5cc(-c6cccc(-c7ccccc7)c6)nc(-c6ccccc6)n5)c5ccccc45)ccc2-3)c([2H])c1[2H]. The quantitative estimate of drug-likeness (QED) is 0.175. The van der Waals surface area contributed by atoms with Gasteiger partial charge in [0.05, 0.1) is 18.2 Å². The standard InChI is InChI=1S/C51H34N2/c1-4-13-34(14-5-1)37-19-12-20-40(29-37)49-33-50(53-51(52-49)36-17-8-3-9-18-36)48-28-27-43(46-21-10-11-22-47(46)48)39-24-26-45-42(31-39)32-41-30-38(23-25-44(41)45)35-15-6-2-7-16-35/h1-31,33H,32H2/i2D,6D,7D,15D,16D. The zero-order valence-corrected chi connectivity index (χ0v) is 28.7. The molecule has 0 bridgehead atoms. The second kappa shape index (κ2) is 13.0. The Morgan fingerprint density at radius 2 is 0.906 bits per heavy atom. The topological polar surface area (TPSA) is 25.8 Å². The smallest absolute Gasteiger partial charge is 0.160 e. The predicted molar refractivity (Wildman–Crippen MR) is 220 cm³/mol. The Morgan fingerprint density at radius 3 is 1.66 bits per heavy atom. The van der Waals surface area contributed by atoms with Crippen molar-refractivity contribution in [3.63, 3.8) is 0 Å². The maximum absolute atomic E-state index is 8.52. The first kappa shape index (κ1) is 26.0. The third-order valence-corrected chi connectivity index (χ3v) is 10.2. The van der Waals surface area contributed by atoms with Crippen LogP contribution in [0.3, 0.4) is 0 Å². The molecule has 53 heavy (non-hydrogen) atoms. The fourth-order valence-corrected chi connectivity index (χ4v) is 7.64. The molecule has 248 valence electrons. The Hall–Kier alpha value is -6.90. The van der Waals surface area contributed by atoms with Crippen LogP contribution in [0.25, 0.3) is 89.2 Å². The Balaban J connectivity index is 1.05. The van der Waals surface area contributed by atoms with E-state index in [1.165, 1.54) is 5.56 Å². The molecule has 0 spiro atoms. The van der Waals surface area contributed by atoms with Crippen LogP contribution in [0.4, 0.5) is 0 Å². The molecule has 0 saturated carbocycles. The molecule has 2 nitrogen and oxygen atoms in total. The van der Waals surface area contributed by atoms with E-state index in [0.29, 0.717) is 17.8 Å². The van der Waals surface area contributed by atoms with Crippen LogP contribution >= 0.6 is 0 Å². The second-order valence-electron chi connectivity index (χ2n) is 13.4. The van der Waals surface area contributed by atoms with Crippen LogP contribution in [0.2, 0.25) is 0 Å². The molecule has 0 fully saturated rings. The molecular formula is C51H34N2.